The first kappa shape index (κ1) is 22.7. The van der Waals surface area contributed by atoms with E-state index in [1.165, 1.54) is 21.7 Å². The Balaban J connectivity index is 1.49. The first-order chi connectivity index (χ1) is 15.8. The molecule has 4 N–H and O–H groups in total. The van der Waals surface area contributed by atoms with Gasteiger partial charge in [0.2, 0.25) is 11.8 Å². The van der Waals surface area contributed by atoms with E-state index in [0.717, 1.165) is 0 Å². The number of carbonyl (C=O) groups is 3. The summed E-state index contributed by atoms with van der Waals surface area (Å²) in [4.78, 5) is 38.8. The molecular formula is C22H21ClFN5O4. The van der Waals surface area contributed by atoms with Crippen LogP contribution in [0.5, 0.6) is 0 Å². The number of hydrogen-bond acceptors (Lipinski definition) is 5. The molecule has 1 saturated heterocycles. The standard InChI is InChI=1S/C22H21ClFN5O4/c23-15-6-3-4-12(19(15)24)9-26-22(33)17-8-13(11-30)29(17)18(31)10-28-16-7-2-1-5-14(16)20(27-28)21(25)32/h1-7,13,17,30H,8-11H2,(H2,25,32)(H,26,33)/t13-,17-/m0/s1. The number of para-hydroxylation sites is 1. The molecule has 2 atom stereocenters. The van der Waals surface area contributed by atoms with E-state index >= 15 is 0 Å². The summed E-state index contributed by atoms with van der Waals surface area (Å²) in [6.07, 6.45) is 0.262. The van der Waals surface area contributed by atoms with Gasteiger partial charge >= 0.3 is 0 Å². The number of amides is 3. The minimum Gasteiger partial charge on any atom is -0.394 e. The Morgan fingerprint density at radius 3 is 2.70 bits per heavy atom. The number of nitrogens with zero attached hydrogens (tertiary/aromatic N) is 3. The molecule has 0 radical (unpaired) electrons. The van der Waals surface area contributed by atoms with Crippen molar-refractivity contribution in [3.63, 3.8) is 0 Å². The zero-order chi connectivity index (χ0) is 23.7. The van der Waals surface area contributed by atoms with E-state index in [-0.39, 0.29) is 42.4 Å². The summed E-state index contributed by atoms with van der Waals surface area (Å²) in [5.41, 5.74) is 6.19. The predicted octanol–water partition coefficient (Wildman–Crippen LogP) is 1.21. The number of rotatable bonds is 7. The number of hydrogen-bond donors (Lipinski definition) is 3. The molecule has 0 spiro atoms. The van der Waals surface area contributed by atoms with Gasteiger partial charge in [-0.1, -0.05) is 41.9 Å². The molecule has 11 heteroatoms. The van der Waals surface area contributed by atoms with Crippen LogP contribution >= 0.6 is 11.6 Å². The molecule has 1 aliphatic heterocycles. The van der Waals surface area contributed by atoms with Gasteiger partial charge in [-0.15, -0.1) is 0 Å². The summed E-state index contributed by atoms with van der Waals surface area (Å²) in [7, 11) is 0. The number of carbonyl (C=O) groups excluding carboxylic acids is 3. The van der Waals surface area contributed by atoms with Gasteiger partial charge in [-0.05, 0) is 18.6 Å². The van der Waals surface area contributed by atoms with Gasteiger partial charge in [0.25, 0.3) is 5.91 Å². The second-order valence-electron chi connectivity index (χ2n) is 7.71. The molecule has 0 aliphatic carbocycles. The minimum absolute atomic E-state index is 0.0403. The van der Waals surface area contributed by atoms with Gasteiger partial charge in [-0.3, -0.25) is 19.1 Å². The fourth-order valence-electron chi connectivity index (χ4n) is 4.00. The highest BCUT2D eigenvalue weighted by Gasteiger charge is 2.45. The third kappa shape index (κ3) is 4.27. The third-order valence-corrected chi connectivity index (χ3v) is 5.98. The van der Waals surface area contributed by atoms with Crippen LogP contribution in [0.25, 0.3) is 10.9 Å². The lowest BCUT2D eigenvalue weighted by Crippen LogP contribution is -2.65. The summed E-state index contributed by atoms with van der Waals surface area (Å²) in [5, 5.41) is 16.9. The molecule has 2 heterocycles. The molecule has 1 fully saturated rings. The van der Waals surface area contributed by atoms with Gasteiger partial charge < -0.3 is 21.1 Å². The average Bonchev–Trinajstić information content (AvgIpc) is 3.13. The average molecular weight is 474 g/mol. The van der Waals surface area contributed by atoms with Gasteiger partial charge in [0, 0.05) is 17.5 Å². The summed E-state index contributed by atoms with van der Waals surface area (Å²) >= 11 is 5.77. The van der Waals surface area contributed by atoms with Crippen LogP contribution in [0, 0.1) is 5.82 Å². The summed E-state index contributed by atoms with van der Waals surface area (Å²) in [5.74, 6) is -2.28. The largest absolute Gasteiger partial charge is 0.394 e. The number of aliphatic hydroxyl groups excluding tert-OH is 1. The topological polar surface area (TPSA) is 131 Å². The van der Waals surface area contributed by atoms with Gasteiger partial charge in [-0.2, -0.15) is 5.10 Å². The highest BCUT2D eigenvalue weighted by atomic mass is 35.5. The molecule has 9 nitrogen and oxygen atoms in total. The van der Waals surface area contributed by atoms with Crippen molar-refractivity contribution >= 4 is 40.2 Å². The van der Waals surface area contributed by atoms with Gasteiger partial charge in [0.05, 0.1) is 23.2 Å². The van der Waals surface area contributed by atoms with Crippen molar-refractivity contribution in [2.45, 2.75) is 31.6 Å². The number of benzene rings is 2. The second-order valence-corrected chi connectivity index (χ2v) is 8.11. The number of halogens is 2. The maximum atomic E-state index is 14.1. The van der Waals surface area contributed by atoms with E-state index in [9.17, 15) is 23.9 Å². The molecule has 0 saturated carbocycles. The van der Waals surface area contributed by atoms with Crippen LogP contribution in [0.2, 0.25) is 5.02 Å². The molecule has 33 heavy (non-hydrogen) atoms. The van der Waals surface area contributed by atoms with Crippen molar-refractivity contribution in [3.8, 4) is 0 Å². The highest BCUT2D eigenvalue weighted by Crippen LogP contribution is 2.27. The van der Waals surface area contributed by atoms with Gasteiger partial charge in [0.1, 0.15) is 18.4 Å². The molecule has 3 amide bonds. The van der Waals surface area contributed by atoms with Crippen LogP contribution in [-0.2, 0) is 22.7 Å². The van der Waals surface area contributed by atoms with Crippen LogP contribution in [0.15, 0.2) is 42.5 Å². The van der Waals surface area contributed by atoms with Crippen LogP contribution in [0.1, 0.15) is 22.5 Å². The quantitative estimate of drug-likeness (QED) is 0.474. The summed E-state index contributed by atoms with van der Waals surface area (Å²) < 4.78 is 15.4. The SMILES string of the molecule is NC(=O)c1nn(CC(=O)N2[C@H](CO)C[C@H]2C(=O)NCc2cccc(Cl)c2F)c2ccccc12. The Kier molecular flexibility index (Phi) is 6.30. The first-order valence-electron chi connectivity index (χ1n) is 10.2. The molecule has 1 aliphatic rings. The Morgan fingerprint density at radius 1 is 1.21 bits per heavy atom. The molecule has 0 bridgehead atoms. The molecule has 1 aromatic heterocycles. The number of fused-ring (bicyclic) bond motifs is 1. The Bertz CT molecular complexity index is 1250. The number of aliphatic hydroxyl groups is 1. The number of primary amides is 1. The molecular weight excluding hydrogens is 453 g/mol. The molecule has 4 rings (SSSR count). The molecule has 172 valence electrons. The lowest BCUT2D eigenvalue weighted by atomic mass is 9.92. The van der Waals surface area contributed by atoms with Crippen LogP contribution < -0.4 is 11.1 Å². The van der Waals surface area contributed by atoms with Crippen LogP contribution in [-0.4, -0.2) is 56.2 Å². The maximum absolute atomic E-state index is 14.1. The molecule has 0 unspecified atom stereocenters. The summed E-state index contributed by atoms with van der Waals surface area (Å²) in [6.45, 7) is -0.666. The lowest BCUT2D eigenvalue weighted by molar-refractivity contribution is -0.156. The van der Waals surface area contributed by atoms with E-state index in [1.54, 1.807) is 30.3 Å². The maximum Gasteiger partial charge on any atom is 0.269 e. The fraction of sp³-hybridized carbons (Fsp3) is 0.273. The van der Waals surface area contributed by atoms with E-state index in [1.807, 2.05) is 0 Å². The van der Waals surface area contributed by atoms with E-state index in [0.29, 0.717) is 10.9 Å². The zero-order valence-corrected chi connectivity index (χ0v) is 18.1. The normalized spacial score (nSPS) is 17.6. The fourth-order valence-corrected chi connectivity index (χ4v) is 4.19. The van der Waals surface area contributed by atoms with Crippen LogP contribution in [0.4, 0.5) is 4.39 Å². The smallest absolute Gasteiger partial charge is 0.269 e. The lowest BCUT2D eigenvalue weighted by Gasteiger charge is -2.46. The number of likely N-dealkylation sites (tertiary alicyclic amines) is 1. The summed E-state index contributed by atoms with van der Waals surface area (Å²) in [6, 6.07) is 9.96. The van der Waals surface area contributed by atoms with E-state index < -0.39 is 35.6 Å². The van der Waals surface area contributed by atoms with Crippen molar-refractivity contribution in [1.82, 2.24) is 20.0 Å². The highest BCUT2D eigenvalue weighted by molar-refractivity contribution is 6.30. The van der Waals surface area contributed by atoms with Crippen molar-refractivity contribution in [3.05, 3.63) is 64.6 Å². The number of nitrogens with two attached hydrogens (primary N) is 1. The molecule has 2 aromatic carbocycles. The number of nitrogens with one attached hydrogen (secondary N) is 1. The predicted molar refractivity (Wildman–Crippen MR) is 118 cm³/mol. The van der Waals surface area contributed by atoms with Crippen molar-refractivity contribution in [2.24, 2.45) is 5.73 Å². The number of aromatic nitrogens is 2. The van der Waals surface area contributed by atoms with E-state index in [2.05, 4.69) is 10.4 Å². The Morgan fingerprint density at radius 2 is 1.97 bits per heavy atom. The molecule has 3 aromatic rings. The zero-order valence-electron chi connectivity index (χ0n) is 17.4. The first-order valence-corrected chi connectivity index (χ1v) is 10.6. The monoisotopic (exact) mass is 473 g/mol. The van der Waals surface area contributed by atoms with E-state index in [4.69, 9.17) is 17.3 Å². The Hall–Kier alpha value is -3.50. The van der Waals surface area contributed by atoms with Crippen molar-refractivity contribution in [1.29, 1.82) is 0 Å². The third-order valence-electron chi connectivity index (χ3n) is 5.69. The second kappa shape index (κ2) is 9.16. The Labute approximate surface area is 192 Å². The van der Waals surface area contributed by atoms with Crippen molar-refractivity contribution < 1.29 is 23.9 Å². The van der Waals surface area contributed by atoms with Gasteiger partial charge in [-0.25, -0.2) is 4.39 Å². The van der Waals surface area contributed by atoms with Crippen molar-refractivity contribution in [2.75, 3.05) is 6.61 Å². The minimum atomic E-state index is -0.825. The van der Waals surface area contributed by atoms with Crippen LogP contribution in [0.3, 0.4) is 0 Å². The van der Waals surface area contributed by atoms with Gasteiger partial charge in [0.15, 0.2) is 5.69 Å².